The van der Waals surface area contributed by atoms with Gasteiger partial charge in [0, 0.05) is 22.4 Å². The summed E-state index contributed by atoms with van der Waals surface area (Å²) in [6, 6.07) is 6.74. The lowest BCUT2D eigenvalue weighted by atomic mass is 9.73. The van der Waals surface area contributed by atoms with E-state index in [4.69, 9.17) is 0 Å². The molecule has 0 saturated carbocycles. The molecule has 1 N–H and O–H groups in total. The summed E-state index contributed by atoms with van der Waals surface area (Å²) in [5.74, 6) is 0.829. The number of rotatable bonds is 2. The number of fused-ring (bicyclic) bond motifs is 2. The van der Waals surface area contributed by atoms with Crippen LogP contribution in [0.4, 0.5) is 0 Å². The van der Waals surface area contributed by atoms with E-state index in [1.165, 1.54) is 15.6 Å². The first-order chi connectivity index (χ1) is 9.03. The molecular formula is C16H20BrNO. The van der Waals surface area contributed by atoms with Gasteiger partial charge in [0.1, 0.15) is 0 Å². The van der Waals surface area contributed by atoms with Crippen LogP contribution in [0, 0.1) is 5.92 Å². The van der Waals surface area contributed by atoms with Gasteiger partial charge in [0.2, 0.25) is 5.91 Å². The topological polar surface area (TPSA) is 29.1 Å². The van der Waals surface area contributed by atoms with Gasteiger partial charge >= 0.3 is 0 Å². The Kier molecular flexibility index (Phi) is 3.20. The highest BCUT2D eigenvalue weighted by molar-refractivity contribution is 9.10. The zero-order chi connectivity index (χ0) is 13.6. The first kappa shape index (κ1) is 13.2. The molecule has 0 aromatic heterocycles. The van der Waals surface area contributed by atoms with Crippen molar-refractivity contribution < 1.29 is 4.79 Å². The van der Waals surface area contributed by atoms with Crippen LogP contribution in [-0.2, 0) is 16.6 Å². The number of nitrogens with one attached hydrogen (secondary N) is 1. The van der Waals surface area contributed by atoms with Crippen molar-refractivity contribution in [1.29, 1.82) is 0 Å². The molecule has 3 rings (SSSR count). The van der Waals surface area contributed by atoms with Gasteiger partial charge in [0.25, 0.3) is 0 Å². The summed E-state index contributed by atoms with van der Waals surface area (Å²) in [5.41, 5.74) is 2.85. The van der Waals surface area contributed by atoms with Gasteiger partial charge in [-0.05, 0) is 42.4 Å². The quantitative estimate of drug-likeness (QED) is 0.886. The van der Waals surface area contributed by atoms with Crippen molar-refractivity contribution >= 4 is 21.8 Å². The zero-order valence-corrected chi connectivity index (χ0v) is 13.1. The summed E-state index contributed by atoms with van der Waals surface area (Å²) >= 11 is 3.66. The summed E-state index contributed by atoms with van der Waals surface area (Å²) in [7, 11) is 0. The van der Waals surface area contributed by atoms with E-state index in [-0.39, 0.29) is 11.3 Å². The minimum absolute atomic E-state index is 0.0421. The molecule has 1 fully saturated rings. The smallest absolute Gasteiger partial charge is 0.221 e. The summed E-state index contributed by atoms with van der Waals surface area (Å²) in [6.45, 7) is 4.46. The molecule has 0 radical (unpaired) electrons. The van der Waals surface area contributed by atoms with Crippen molar-refractivity contribution in [3.05, 3.63) is 33.8 Å². The molecule has 2 nitrogen and oxygen atoms in total. The molecule has 1 spiro atoms. The molecule has 1 amide bonds. The predicted octanol–water partition coefficient (Wildman–Crippen LogP) is 3.57. The molecule has 2 aliphatic rings. The minimum atomic E-state index is 0.0421. The van der Waals surface area contributed by atoms with Crippen molar-refractivity contribution in [2.45, 2.75) is 51.0 Å². The highest BCUT2D eigenvalue weighted by Gasteiger charge is 2.51. The molecule has 1 saturated heterocycles. The molecule has 1 aliphatic carbocycles. The Morgan fingerprint density at radius 3 is 3.00 bits per heavy atom. The fourth-order valence-corrected chi connectivity index (χ4v) is 4.42. The highest BCUT2D eigenvalue weighted by atomic mass is 79.9. The second-order valence-electron chi connectivity index (χ2n) is 6.35. The summed E-state index contributed by atoms with van der Waals surface area (Å²) < 4.78 is 1.20. The van der Waals surface area contributed by atoms with Crippen LogP contribution in [0.1, 0.15) is 44.2 Å². The summed E-state index contributed by atoms with van der Waals surface area (Å²) in [4.78, 5) is 12.0. The van der Waals surface area contributed by atoms with Crippen LogP contribution >= 0.6 is 15.9 Å². The Morgan fingerprint density at radius 2 is 2.26 bits per heavy atom. The average molecular weight is 322 g/mol. The first-order valence-electron chi connectivity index (χ1n) is 7.10. The normalized spacial score (nSPS) is 29.1. The van der Waals surface area contributed by atoms with Crippen LogP contribution in [0.3, 0.4) is 0 Å². The van der Waals surface area contributed by atoms with E-state index in [1.807, 2.05) is 0 Å². The van der Waals surface area contributed by atoms with E-state index >= 15 is 0 Å². The zero-order valence-electron chi connectivity index (χ0n) is 11.5. The summed E-state index contributed by atoms with van der Waals surface area (Å²) in [6.07, 6.45) is 3.91. The van der Waals surface area contributed by atoms with Crippen LogP contribution in [0.2, 0.25) is 0 Å². The van der Waals surface area contributed by atoms with Crippen molar-refractivity contribution in [3.8, 4) is 0 Å². The Labute approximate surface area is 123 Å². The number of amides is 1. The lowest BCUT2D eigenvalue weighted by molar-refractivity contribution is -0.119. The monoisotopic (exact) mass is 321 g/mol. The number of hydrogen-bond donors (Lipinski definition) is 1. The van der Waals surface area contributed by atoms with Gasteiger partial charge in [0.15, 0.2) is 0 Å². The number of benzene rings is 1. The van der Waals surface area contributed by atoms with Gasteiger partial charge < -0.3 is 5.32 Å². The van der Waals surface area contributed by atoms with E-state index in [2.05, 4.69) is 53.3 Å². The molecule has 1 aliphatic heterocycles. The number of carbonyl (C=O) groups excluding carboxylic acids is 1. The fourth-order valence-electron chi connectivity index (χ4n) is 3.86. The predicted molar refractivity (Wildman–Crippen MR) is 80.1 cm³/mol. The number of carbonyl (C=O) groups is 1. The summed E-state index contributed by atoms with van der Waals surface area (Å²) in [5, 5.41) is 3.22. The number of hydrogen-bond acceptors (Lipinski definition) is 1. The van der Waals surface area contributed by atoms with E-state index in [0.717, 1.165) is 19.3 Å². The third-order valence-corrected chi connectivity index (χ3v) is 5.40. The largest absolute Gasteiger partial charge is 0.352 e. The Balaban J connectivity index is 2.05. The van der Waals surface area contributed by atoms with Crippen LogP contribution in [0.15, 0.2) is 22.7 Å². The molecular weight excluding hydrogens is 302 g/mol. The molecule has 19 heavy (non-hydrogen) atoms. The van der Waals surface area contributed by atoms with Crippen molar-refractivity contribution in [2.24, 2.45) is 5.92 Å². The van der Waals surface area contributed by atoms with Crippen LogP contribution < -0.4 is 5.32 Å². The molecule has 1 aromatic rings. The van der Waals surface area contributed by atoms with Gasteiger partial charge in [-0.15, -0.1) is 0 Å². The fraction of sp³-hybridized carbons (Fsp3) is 0.562. The molecule has 1 aromatic carbocycles. The molecule has 102 valence electrons. The van der Waals surface area contributed by atoms with E-state index in [0.29, 0.717) is 18.4 Å². The Hall–Kier alpha value is -0.830. The lowest BCUT2D eigenvalue weighted by Crippen LogP contribution is -2.40. The van der Waals surface area contributed by atoms with Crippen LogP contribution in [0.25, 0.3) is 0 Å². The van der Waals surface area contributed by atoms with Gasteiger partial charge in [-0.25, -0.2) is 0 Å². The third kappa shape index (κ3) is 2.03. The van der Waals surface area contributed by atoms with Gasteiger partial charge in [0.05, 0.1) is 0 Å². The Morgan fingerprint density at radius 1 is 1.47 bits per heavy atom. The van der Waals surface area contributed by atoms with Crippen molar-refractivity contribution in [3.63, 3.8) is 0 Å². The number of halogens is 1. The Bertz CT molecular complexity index is 525. The van der Waals surface area contributed by atoms with Gasteiger partial charge in [-0.3, -0.25) is 4.79 Å². The standard InChI is InChI=1S/C16H20BrNO/c1-10(2)8-14-16(9-15(19)18-14)7-6-11-12(16)4-3-5-13(11)17/h3-5,10,14H,6-9H2,1-2H3,(H,18,19). The van der Waals surface area contributed by atoms with E-state index < -0.39 is 0 Å². The molecule has 2 unspecified atom stereocenters. The SMILES string of the molecule is CC(C)CC1NC(=O)CC12CCc1c(Br)cccc12. The second-order valence-corrected chi connectivity index (χ2v) is 7.20. The van der Waals surface area contributed by atoms with Crippen molar-refractivity contribution in [2.75, 3.05) is 0 Å². The first-order valence-corrected chi connectivity index (χ1v) is 7.89. The minimum Gasteiger partial charge on any atom is -0.352 e. The van der Waals surface area contributed by atoms with Gasteiger partial charge in [-0.2, -0.15) is 0 Å². The van der Waals surface area contributed by atoms with E-state index in [9.17, 15) is 4.79 Å². The van der Waals surface area contributed by atoms with Crippen LogP contribution in [-0.4, -0.2) is 11.9 Å². The van der Waals surface area contributed by atoms with Gasteiger partial charge in [-0.1, -0.05) is 41.9 Å². The van der Waals surface area contributed by atoms with E-state index in [1.54, 1.807) is 0 Å². The highest BCUT2D eigenvalue weighted by Crippen LogP contribution is 2.49. The average Bonchev–Trinajstić information content (AvgIpc) is 2.83. The molecule has 3 heteroatoms. The maximum atomic E-state index is 12.0. The van der Waals surface area contributed by atoms with Crippen LogP contribution in [0.5, 0.6) is 0 Å². The third-order valence-electron chi connectivity index (χ3n) is 4.66. The second kappa shape index (κ2) is 4.62. The molecule has 2 atom stereocenters. The van der Waals surface area contributed by atoms with Crippen molar-refractivity contribution in [1.82, 2.24) is 5.32 Å². The maximum Gasteiger partial charge on any atom is 0.221 e. The molecule has 0 bridgehead atoms. The molecule has 1 heterocycles. The maximum absolute atomic E-state index is 12.0. The lowest BCUT2D eigenvalue weighted by Gasteiger charge is -2.32.